The van der Waals surface area contributed by atoms with Gasteiger partial charge in [0.15, 0.2) is 10.9 Å². The van der Waals surface area contributed by atoms with Crippen molar-refractivity contribution in [2.24, 2.45) is 0 Å². The second kappa shape index (κ2) is 8.08. The lowest BCUT2D eigenvalue weighted by Gasteiger charge is -2.04. The third kappa shape index (κ3) is 3.93. The summed E-state index contributed by atoms with van der Waals surface area (Å²) in [5, 5.41) is 6.21. The Hall–Kier alpha value is -3.90. The number of furan rings is 1. The zero-order valence-electron chi connectivity index (χ0n) is 16.7. The number of thiazole rings is 1. The average Bonchev–Trinajstić information content (AvgIpc) is 3.46. The molecular weight excluding hydrogens is 408 g/mol. The number of anilines is 1. The van der Waals surface area contributed by atoms with Gasteiger partial charge in [-0.1, -0.05) is 42.5 Å². The molecule has 0 saturated carbocycles. The van der Waals surface area contributed by atoms with E-state index in [0.717, 1.165) is 27.8 Å². The summed E-state index contributed by atoms with van der Waals surface area (Å²) in [6, 6.07) is 25.2. The molecule has 2 aromatic heterocycles. The summed E-state index contributed by atoms with van der Waals surface area (Å²) in [5.41, 5.74) is 4.16. The fraction of sp³-hybridized carbons (Fsp3) is 0.0400. The van der Waals surface area contributed by atoms with E-state index < -0.39 is 0 Å². The summed E-state index contributed by atoms with van der Waals surface area (Å²) in [6.45, 7) is 0. The molecule has 6 heteroatoms. The van der Waals surface area contributed by atoms with E-state index in [-0.39, 0.29) is 5.91 Å². The number of ether oxygens (including phenoxy) is 1. The molecule has 31 heavy (non-hydrogen) atoms. The molecule has 0 bridgehead atoms. The van der Waals surface area contributed by atoms with Crippen molar-refractivity contribution in [3.8, 4) is 28.3 Å². The first kappa shape index (κ1) is 19.1. The zero-order valence-corrected chi connectivity index (χ0v) is 17.5. The van der Waals surface area contributed by atoms with Crippen molar-refractivity contribution in [1.82, 2.24) is 4.98 Å². The largest absolute Gasteiger partial charge is 0.497 e. The highest BCUT2D eigenvalue weighted by Gasteiger charge is 2.13. The van der Waals surface area contributed by atoms with Crippen LogP contribution >= 0.6 is 11.3 Å². The van der Waals surface area contributed by atoms with E-state index >= 15 is 0 Å². The number of rotatable bonds is 5. The third-order valence-corrected chi connectivity index (χ3v) is 5.72. The first-order chi connectivity index (χ1) is 15.2. The fourth-order valence-electron chi connectivity index (χ4n) is 3.32. The number of benzene rings is 3. The Balaban J connectivity index is 1.32. The maximum absolute atomic E-state index is 12.6. The van der Waals surface area contributed by atoms with E-state index in [1.54, 1.807) is 7.11 Å². The number of hydrogen-bond donors (Lipinski definition) is 1. The van der Waals surface area contributed by atoms with Gasteiger partial charge in [0.2, 0.25) is 0 Å². The van der Waals surface area contributed by atoms with E-state index in [1.807, 2.05) is 84.2 Å². The number of methoxy groups -OCH3 is 1. The number of carbonyl (C=O) groups is 1. The van der Waals surface area contributed by atoms with Gasteiger partial charge in [-0.25, -0.2) is 4.98 Å². The second-order valence-corrected chi connectivity index (χ2v) is 7.81. The van der Waals surface area contributed by atoms with Gasteiger partial charge in [0, 0.05) is 22.4 Å². The lowest BCUT2D eigenvalue weighted by molar-refractivity contribution is 0.102. The first-order valence-corrected chi connectivity index (χ1v) is 10.6. The van der Waals surface area contributed by atoms with Crippen LogP contribution in [0.25, 0.3) is 33.6 Å². The average molecular weight is 426 g/mol. The molecule has 0 saturated heterocycles. The molecule has 0 spiro atoms. The Morgan fingerprint density at radius 3 is 2.52 bits per heavy atom. The molecule has 5 nitrogen and oxygen atoms in total. The standard InChI is InChI=1S/C25H18N2O3S/c1-29-20-12-11-19-13-23(30-22(19)14-20)21-15-31-25(26-21)27-24(28)18-9-7-17(8-10-18)16-5-3-2-4-6-16/h2-15H,1H3,(H,26,27,28). The van der Waals surface area contributed by atoms with Gasteiger partial charge < -0.3 is 9.15 Å². The van der Waals surface area contributed by atoms with Crippen LogP contribution in [0.3, 0.4) is 0 Å². The highest BCUT2D eigenvalue weighted by atomic mass is 32.1. The van der Waals surface area contributed by atoms with Crippen molar-refractivity contribution in [3.63, 3.8) is 0 Å². The SMILES string of the molecule is COc1ccc2cc(-c3csc(NC(=O)c4ccc(-c5ccccc5)cc4)n3)oc2c1. The van der Waals surface area contributed by atoms with Crippen LogP contribution in [-0.4, -0.2) is 18.0 Å². The number of nitrogens with one attached hydrogen (secondary N) is 1. The topological polar surface area (TPSA) is 64.4 Å². The van der Waals surface area contributed by atoms with Gasteiger partial charge in [-0.15, -0.1) is 11.3 Å². The molecule has 5 rings (SSSR count). The van der Waals surface area contributed by atoms with Crippen molar-refractivity contribution in [1.29, 1.82) is 0 Å². The molecule has 0 aliphatic heterocycles. The molecular formula is C25H18N2O3S. The number of amides is 1. The summed E-state index contributed by atoms with van der Waals surface area (Å²) in [7, 11) is 1.62. The number of hydrogen-bond acceptors (Lipinski definition) is 5. The van der Waals surface area contributed by atoms with Gasteiger partial charge in [-0.3, -0.25) is 10.1 Å². The highest BCUT2D eigenvalue weighted by Crippen LogP contribution is 2.32. The Bertz CT molecular complexity index is 1350. The minimum absolute atomic E-state index is 0.199. The molecule has 0 aliphatic rings. The summed E-state index contributed by atoms with van der Waals surface area (Å²) in [4.78, 5) is 17.1. The van der Waals surface area contributed by atoms with Gasteiger partial charge in [0.25, 0.3) is 5.91 Å². The quantitative estimate of drug-likeness (QED) is 0.349. The van der Waals surface area contributed by atoms with Crippen LogP contribution < -0.4 is 10.1 Å². The fourth-order valence-corrected chi connectivity index (χ4v) is 4.02. The van der Waals surface area contributed by atoms with E-state index in [2.05, 4.69) is 10.3 Å². The van der Waals surface area contributed by atoms with Crippen LogP contribution in [-0.2, 0) is 0 Å². The second-order valence-electron chi connectivity index (χ2n) is 6.95. The van der Waals surface area contributed by atoms with Crippen molar-refractivity contribution in [2.75, 3.05) is 12.4 Å². The Morgan fingerprint density at radius 2 is 1.74 bits per heavy atom. The van der Waals surface area contributed by atoms with E-state index in [0.29, 0.717) is 22.1 Å². The molecule has 0 radical (unpaired) electrons. The number of aromatic nitrogens is 1. The monoisotopic (exact) mass is 426 g/mol. The normalized spacial score (nSPS) is 10.9. The van der Waals surface area contributed by atoms with Crippen molar-refractivity contribution < 1.29 is 13.9 Å². The minimum Gasteiger partial charge on any atom is -0.497 e. The van der Waals surface area contributed by atoms with Crippen LogP contribution in [0, 0.1) is 0 Å². The van der Waals surface area contributed by atoms with E-state index in [1.165, 1.54) is 11.3 Å². The van der Waals surface area contributed by atoms with Crippen molar-refractivity contribution >= 4 is 33.3 Å². The number of nitrogens with zero attached hydrogens (tertiary/aromatic N) is 1. The highest BCUT2D eigenvalue weighted by molar-refractivity contribution is 7.14. The van der Waals surface area contributed by atoms with Crippen molar-refractivity contribution in [3.05, 3.63) is 89.8 Å². The molecule has 0 unspecified atom stereocenters. The maximum atomic E-state index is 12.6. The van der Waals surface area contributed by atoms with Gasteiger partial charge >= 0.3 is 0 Å². The van der Waals surface area contributed by atoms with Crippen LogP contribution in [0.2, 0.25) is 0 Å². The molecule has 3 aromatic carbocycles. The Kier molecular flexibility index (Phi) is 4.98. The molecule has 5 aromatic rings. The van der Waals surface area contributed by atoms with Gasteiger partial charge in [-0.2, -0.15) is 0 Å². The smallest absolute Gasteiger partial charge is 0.257 e. The molecule has 0 aliphatic carbocycles. The van der Waals surface area contributed by atoms with Crippen LogP contribution in [0.4, 0.5) is 5.13 Å². The summed E-state index contributed by atoms with van der Waals surface area (Å²) in [6.07, 6.45) is 0. The van der Waals surface area contributed by atoms with E-state index in [4.69, 9.17) is 9.15 Å². The molecule has 1 amide bonds. The predicted molar refractivity (Wildman–Crippen MR) is 124 cm³/mol. The summed E-state index contributed by atoms with van der Waals surface area (Å²) >= 11 is 1.36. The van der Waals surface area contributed by atoms with Gasteiger partial charge in [-0.05, 0) is 41.5 Å². The predicted octanol–water partition coefficient (Wildman–Crippen LogP) is 6.48. The zero-order chi connectivity index (χ0) is 21.2. The van der Waals surface area contributed by atoms with Crippen LogP contribution in [0.1, 0.15) is 10.4 Å². The molecule has 2 heterocycles. The van der Waals surface area contributed by atoms with Crippen LogP contribution in [0.15, 0.2) is 88.7 Å². The minimum atomic E-state index is -0.199. The lowest BCUT2D eigenvalue weighted by atomic mass is 10.0. The lowest BCUT2D eigenvalue weighted by Crippen LogP contribution is -2.11. The molecule has 0 atom stereocenters. The van der Waals surface area contributed by atoms with Crippen LogP contribution in [0.5, 0.6) is 5.75 Å². The maximum Gasteiger partial charge on any atom is 0.257 e. The molecule has 152 valence electrons. The molecule has 0 fully saturated rings. The number of fused-ring (bicyclic) bond motifs is 1. The third-order valence-electron chi connectivity index (χ3n) is 4.96. The summed E-state index contributed by atoms with van der Waals surface area (Å²) < 4.78 is 11.1. The molecule has 1 N–H and O–H groups in total. The Labute approximate surface area is 182 Å². The van der Waals surface area contributed by atoms with Crippen molar-refractivity contribution in [2.45, 2.75) is 0 Å². The van der Waals surface area contributed by atoms with E-state index in [9.17, 15) is 4.79 Å². The Morgan fingerprint density at radius 1 is 0.968 bits per heavy atom. The van der Waals surface area contributed by atoms with Gasteiger partial charge in [0.1, 0.15) is 17.0 Å². The first-order valence-electron chi connectivity index (χ1n) is 9.70. The summed E-state index contributed by atoms with van der Waals surface area (Å²) in [5.74, 6) is 1.18. The van der Waals surface area contributed by atoms with Gasteiger partial charge in [0.05, 0.1) is 7.11 Å². The number of carbonyl (C=O) groups excluding carboxylic acids is 1.